The second-order valence-electron chi connectivity index (χ2n) is 1.34. The van der Waals surface area contributed by atoms with Crippen molar-refractivity contribution in [3.05, 3.63) is 5.82 Å². The van der Waals surface area contributed by atoms with Crippen LogP contribution >= 0.6 is 12.8 Å². The number of tetrazole rings is 1. The Bertz CT molecular complexity index is 172. The van der Waals surface area contributed by atoms with Gasteiger partial charge in [-0.25, -0.2) is 0 Å². The van der Waals surface area contributed by atoms with E-state index < -0.39 is 0 Å². The predicted molar refractivity (Wildman–Crippen MR) is 31.6 cm³/mol. The summed E-state index contributed by atoms with van der Waals surface area (Å²) < 4.78 is 1.36. The fourth-order valence-electron chi connectivity index (χ4n) is 0.413. The Morgan fingerprint density at radius 3 is 2.75 bits per heavy atom. The van der Waals surface area contributed by atoms with Crippen LogP contribution in [0.25, 0.3) is 0 Å². The summed E-state index contributed by atoms with van der Waals surface area (Å²) in [5, 5.41) is 10.5. The summed E-state index contributed by atoms with van der Waals surface area (Å²) in [6.45, 7) is 1.97. The van der Waals surface area contributed by atoms with Gasteiger partial charge >= 0.3 is 0 Å². The first-order valence-corrected chi connectivity index (χ1v) is 2.71. The molecule has 0 bridgehead atoms. The molecule has 5 heteroatoms. The lowest BCUT2D eigenvalue weighted by atomic mass is 10.5. The maximum atomic E-state index is 3.91. The zero-order valence-electron chi connectivity index (χ0n) is 4.44. The Labute approximate surface area is 52.4 Å². The molecule has 0 radical (unpaired) electrons. The first-order valence-electron chi connectivity index (χ1n) is 2.31. The average molecular weight is 130 g/mol. The van der Waals surface area contributed by atoms with Crippen LogP contribution in [0.15, 0.2) is 0 Å². The highest BCUT2D eigenvalue weighted by Gasteiger charge is 1.95. The van der Waals surface area contributed by atoms with Crippen molar-refractivity contribution in [2.45, 2.75) is 13.3 Å². The number of thiol groups is 1. The van der Waals surface area contributed by atoms with Crippen LogP contribution in [0.3, 0.4) is 0 Å². The van der Waals surface area contributed by atoms with E-state index in [1.807, 2.05) is 6.92 Å². The third kappa shape index (κ3) is 0.812. The van der Waals surface area contributed by atoms with Crippen LogP contribution in [0.2, 0.25) is 0 Å². The molecular formula is C3H6N4S. The monoisotopic (exact) mass is 130 g/mol. The van der Waals surface area contributed by atoms with E-state index >= 15 is 0 Å². The van der Waals surface area contributed by atoms with Crippen molar-refractivity contribution in [1.82, 2.24) is 19.6 Å². The highest BCUT2D eigenvalue weighted by molar-refractivity contribution is 7.78. The van der Waals surface area contributed by atoms with Crippen LogP contribution in [0.4, 0.5) is 0 Å². The zero-order valence-corrected chi connectivity index (χ0v) is 5.34. The Kier molecular flexibility index (Phi) is 1.48. The van der Waals surface area contributed by atoms with Crippen LogP contribution in [-0.4, -0.2) is 19.6 Å². The van der Waals surface area contributed by atoms with Gasteiger partial charge in [0.05, 0.1) is 0 Å². The largest absolute Gasteiger partial charge is 0.173 e. The van der Waals surface area contributed by atoms with Crippen LogP contribution in [-0.2, 0) is 6.42 Å². The van der Waals surface area contributed by atoms with Gasteiger partial charge < -0.3 is 0 Å². The molecule has 0 saturated carbocycles. The second-order valence-corrected chi connectivity index (χ2v) is 1.72. The molecule has 0 N–H and O–H groups in total. The molecule has 0 saturated heterocycles. The molecule has 8 heavy (non-hydrogen) atoms. The number of hydrogen-bond donors (Lipinski definition) is 1. The molecule has 0 spiro atoms. The van der Waals surface area contributed by atoms with Crippen molar-refractivity contribution in [1.29, 1.82) is 0 Å². The Hall–Kier alpha value is -0.580. The number of aromatic nitrogens is 4. The summed E-state index contributed by atoms with van der Waals surface area (Å²) >= 11 is 3.91. The summed E-state index contributed by atoms with van der Waals surface area (Å²) in [5.74, 6) is 0.785. The smallest absolute Gasteiger partial charge is 0.163 e. The lowest BCUT2D eigenvalue weighted by Gasteiger charge is -1.85. The van der Waals surface area contributed by atoms with E-state index in [0.717, 1.165) is 12.2 Å². The van der Waals surface area contributed by atoms with E-state index in [9.17, 15) is 0 Å². The van der Waals surface area contributed by atoms with Gasteiger partial charge in [-0.1, -0.05) is 6.92 Å². The molecule has 0 fully saturated rings. The van der Waals surface area contributed by atoms with Gasteiger partial charge in [0.25, 0.3) is 0 Å². The molecule has 0 atom stereocenters. The fraction of sp³-hybridized carbons (Fsp3) is 0.667. The van der Waals surface area contributed by atoms with Gasteiger partial charge in [0.1, 0.15) is 0 Å². The van der Waals surface area contributed by atoms with E-state index in [1.165, 1.54) is 4.09 Å². The van der Waals surface area contributed by atoms with Gasteiger partial charge in [0.2, 0.25) is 0 Å². The number of nitrogens with zero attached hydrogens (tertiary/aromatic N) is 4. The predicted octanol–water partition coefficient (Wildman–Crippen LogP) is -0.0716. The molecule has 0 aliphatic carbocycles. The Morgan fingerprint density at radius 2 is 2.50 bits per heavy atom. The van der Waals surface area contributed by atoms with Gasteiger partial charge in [0.15, 0.2) is 5.82 Å². The van der Waals surface area contributed by atoms with Crippen molar-refractivity contribution in [2.24, 2.45) is 0 Å². The average Bonchev–Trinajstić information content (AvgIpc) is 2.14. The van der Waals surface area contributed by atoms with Crippen molar-refractivity contribution >= 4 is 12.8 Å². The highest BCUT2D eigenvalue weighted by atomic mass is 32.1. The van der Waals surface area contributed by atoms with Gasteiger partial charge in [-0.3, -0.25) is 0 Å². The fourth-order valence-corrected chi connectivity index (χ4v) is 0.630. The van der Waals surface area contributed by atoms with E-state index in [2.05, 4.69) is 28.3 Å². The molecule has 44 valence electrons. The molecule has 0 aliphatic heterocycles. The number of rotatable bonds is 1. The first-order chi connectivity index (χ1) is 3.84. The maximum Gasteiger partial charge on any atom is 0.163 e. The van der Waals surface area contributed by atoms with Crippen molar-refractivity contribution in [3.63, 3.8) is 0 Å². The minimum absolute atomic E-state index is 0.785. The van der Waals surface area contributed by atoms with E-state index in [-0.39, 0.29) is 0 Å². The Morgan fingerprint density at radius 1 is 1.75 bits per heavy atom. The van der Waals surface area contributed by atoms with Crippen molar-refractivity contribution in [3.8, 4) is 0 Å². The molecule has 0 aliphatic rings. The first kappa shape index (κ1) is 5.55. The third-order valence-electron chi connectivity index (χ3n) is 0.832. The summed E-state index contributed by atoms with van der Waals surface area (Å²) in [6, 6.07) is 0. The molecule has 1 aromatic heterocycles. The van der Waals surface area contributed by atoms with E-state index in [0.29, 0.717) is 0 Å². The molecule has 0 amide bonds. The maximum absolute atomic E-state index is 3.91. The second kappa shape index (κ2) is 2.13. The molecular weight excluding hydrogens is 124 g/mol. The summed E-state index contributed by atoms with van der Waals surface area (Å²) in [4.78, 5) is 0. The van der Waals surface area contributed by atoms with Gasteiger partial charge in [-0.15, -0.1) is 5.10 Å². The van der Waals surface area contributed by atoms with Crippen LogP contribution in [0.1, 0.15) is 12.7 Å². The molecule has 0 aromatic carbocycles. The van der Waals surface area contributed by atoms with E-state index in [4.69, 9.17) is 0 Å². The normalized spacial score (nSPS) is 9.75. The molecule has 1 aromatic rings. The number of aryl methyl sites for hydroxylation is 1. The van der Waals surface area contributed by atoms with Crippen LogP contribution < -0.4 is 0 Å². The SMILES string of the molecule is CCc1nnnn1S. The zero-order chi connectivity index (χ0) is 5.98. The Balaban J connectivity index is 2.92. The molecule has 1 heterocycles. The summed E-state index contributed by atoms with van der Waals surface area (Å²) in [5.41, 5.74) is 0. The van der Waals surface area contributed by atoms with Gasteiger partial charge in [-0.2, -0.15) is 4.09 Å². The van der Waals surface area contributed by atoms with Crippen molar-refractivity contribution < 1.29 is 0 Å². The minimum atomic E-state index is 0.785. The van der Waals surface area contributed by atoms with Gasteiger partial charge in [-0.05, 0) is 23.2 Å². The molecule has 0 unspecified atom stereocenters. The standard InChI is InChI=1S/C3H6N4S/c1-2-3-4-5-6-7(3)8/h8H,2H2,1H3. The molecule has 1 rings (SSSR count). The summed E-state index contributed by atoms with van der Waals surface area (Å²) in [6.07, 6.45) is 0.816. The van der Waals surface area contributed by atoms with Gasteiger partial charge in [0, 0.05) is 6.42 Å². The van der Waals surface area contributed by atoms with Crippen LogP contribution in [0, 0.1) is 0 Å². The number of hydrogen-bond acceptors (Lipinski definition) is 4. The third-order valence-corrected chi connectivity index (χ3v) is 1.14. The topological polar surface area (TPSA) is 43.6 Å². The lowest BCUT2D eigenvalue weighted by Crippen LogP contribution is -1.90. The minimum Gasteiger partial charge on any atom is -0.173 e. The molecule has 4 nitrogen and oxygen atoms in total. The van der Waals surface area contributed by atoms with Crippen LogP contribution in [0.5, 0.6) is 0 Å². The van der Waals surface area contributed by atoms with E-state index in [1.54, 1.807) is 0 Å². The lowest BCUT2D eigenvalue weighted by molar-refractivity contribution is 0.851. The highest BCUT2D eigenvalue weighted by Crippen LogP contribution is 1.91. The summed E-state index contributed by atoms with van der Waals surface area (Å²) in [7, 11) is 0. The quantitative estimate of drug-likeness (QED) is 0.541. The van der Waals surface area contributed by atoms with Crippen molar-refractivity contribution in [2.75, 3.05) is 0 Å².